The molecule has 3 N–H and O–H groups in total. The monoisotopic (exact) mass is 254 g/mol. The lowest BCUT2D eigenvalue weighted by molar-refractivity contribution is -0.122. The first-order chi connectivity index (χ1) is 8.59. The predicted molar refractivity (Wildman–Crippen MR) is 76.2 cm³/mol. The molecule has 0 aliphatic heterocycles. The van der Waals surface area contributed by atoms with Crippen LogP contribution in [0, 0.1) is 11.8 Å². The highest BCUT2D eigenvalue weighted by atomic mass is 16.2. The fraction of sp³-hybridized carbons (Fsp3) is 0.933. The number of nitrogens with one attached hydrogen (secondary N) is 1. The quantitative estimate of drug-likeness (QED) is 0.686. The normalized spacial score (nSPS) is 18.9. The van der Waals surface area contributed by atoms with Crippen molar-refractivity contribution in [3.8, 4) is 0 Å². The summed E-state index contributed by atoms with van der Waals surface area (Å²) in [5.41, 5.74) is 5.83. The molecule has 0 radical (unpaired) electrons. The second-order valence-corrected chi connectivity index (χ2v) is 6.17. The van der Waals surface area contributed by atoms with Crippen LogP contribution in [0.2, 0.25) is 0 Å². The van der Waals surface area contributed by atoms with Crippen LogP contribution >= 0.6 is 0 Å². The molecule has 0 spiro atoms. The molecule has 106 valence electrons. The Hall–Kier alpha value is -0.570. The van der Waals surface area contributed by atoms with E-state index in [-0.39, 0.29) is 11.9 Å². The molecule has 3 nitrogen and oxygen atoms in total. The van der Waals surface area contributed by atoms with Gasteiger partial charge in [0.05, 0.1) is 6.04 Å². The molecule has 3 heteroatoms. The van der Waals surface area contributed by atoms with Gasteiger partial charge in [-0.15, -0.1) is 0 Å². The van der Waals surface area contributed by atoms with Gasteiger partial charge in [-0.2, -0.15) is 0 Å². The minimum Gasteiger partial charge on any atom is -0.355 e. The van der Waals surface area contributed by atoms with Gasteiger partial charge in [-0.3, -0.25) is 4.79 Å². The highest BCUT2D eigenvalue weighted by molar-refractivity contribution is 5.81. The Morgan fingerprint density at radius 1 is 1.28 bits per heavy atom. The maximum Gasteiger partial charge on any atom is 0.236 e. The average molecular weight is 254 g/mol. The Morgan fingerprint density at radius 3 is 2.56 bits per heavy atom. The Labute approximate surface area is 112 Å². The van der Waals surface area contributed by atoms with E-state index in [1.807, 2.05) is 0 Å². The highest BCUT2D eigenvalue weighted by Crippen LogP contribution is 2.26. The van der Waals surface area contributed by atoms with Gasteiger partial charge in [-0.05, 0) is 31.1 Å². The van der Waals surface area contributed by atoms with Crippen LogP contribution < -0.4 is 11.1 Å². The van der Waals surface area contributed by atoms with Gasteiger partial charge in [0.2, 0.25) is 5.91 Å². The predicted octanol–water partition coefficient (Wildman–Crippen LogP) is 2.84. The molecule has 0 bridgehead atoms. The summed E-state index contributed by atoms with van der Waals surface area (Å²) in [6, 6.07) is -0.334. The van der Waals surface area contributed by atoms with Crippen LogP contribution in [0.3, 0.4) is 0 Å². The van der Waals surface area contributed by atoms with Crippen molar-refractivity contribution in [3.05, 3.63) is 0 Å². The van der Waals surface area contributed by atoms with Gasteiger partial charge in [-0.25, -0.2) is 0 Å². The maximum absolute atomic E-state index is 11.7. The standard InChI is InChI=1S/C15H30N2O/c1-12(2)11-14(16)15(18)17-10-6-9-13-7-4-3-5-8-13/h12-14H,3-11,16H2,1-2H3,(H,17,18)/t14-/m0/s1. The first-order valence-corrected chi connectivity index (χ1v) is 7.63. The maximum atomic E-state index is 11.7. The van der Waals surface area contributed by atoms with Crippen molar-refractivity contribution in [1.29, 1.82) is 0 Å². The molecular weight excluding hydrogens is 224 g/mol. The SMILES string of the molecule is CC(C)C[C@H](N)C(=O)NCCCC1CCCCC1. The first kappa shape index (κ1) is 15.5. The summed E-state index contributed by atoms with van der Waals surface area (Å²) >= 11 is 0. The molecule has 1 aliphatic carbocycles. The van der Waals surface area contributed by atoms with E-state index in [0.717, 1.165) is 25.3 Å². The molecule has 0 heterocycles. The van der Waals surface area contributed by atoms with Crippen molar-refractivity contribution < 1.29 is 4.79 Å². The van der Waals surface area contributed by atoms with Gasteiger partial charge in [0, 0.05) is 6.54 Å². The summed E-state index contributed by atoms with van der Waals surface area (Å²) < 4.78 is 0. The topological polar surface area (TPSA) is 55.1 Å². The molecule has 1 aliphatic rings. The summed E-state index contributed by atoms with van der Waals surface area (Å²) in [5.74, 6) is 1.40. The van der Waals surface area contributed by atoms with Gasteiger partial charge in [0.25, 0.3) is 0 Å². The van der Waals surface area contributed by atoms with Crippen molar-refractivity contribution in [2.45, 2.75) is 71.3 Å². The molecule has 1 fully saturated rings. The smallest absolute Gasteiger partial charge is 0.236 e. The van der Waals surface area contributed by atoms with Crippen molar-refractivity contribution in [1.82, 2.24) is 5.32 Å². The van der Waals surface area contributed by atoms with E-state index in [1.54, 1.807) is 0 Å². The van der Waals surface area contributed by atoms with Crippen LogP contribution in [0.5, 0.6) is 0 Å². The molecule has 1 rings (SSSR count). The van der Waals surface area contributed by atoms with E-state index < -0.39 is 0 Å². The fourth-order valence-electron chi connectivity index (χ4n) is 2.82. The van der Waals surface area contributed by atoms with E-state index in [2.05, 4.69) is 19.2 Å². The van der Waals surface area contributed by atoms with Crippen LogP contribution in [-0.4, -0.2) is 18.5 Å². The van der Waals surface area contributed by atoms with Crippen LogP contribution in [0.25, 0.3) is 0 Å². The zero-order valence-electron chi connectivity index (χ0n) is 12.1. The molecule has 1 saturated carbocycles. The van der Waals surface area contributed by atoms with E-state index in [9.17, 15) is 4.79 Å². The fourth-order valence-corrected chi connectivity index (χ4v) is 2.82. The molecule has 1 amide bonds. The van der Waals surface area contributed by atoms with Crippen molar-refractivity contribution in [3.63, 3.8) is 0 Å². The third-order valence-electron chi connectivity index (χ3n) is 3.88. The molecule has 0 aromatic carbocycles. The van der Waals surface area contributed by atoms with E-state index in [4.69, 9.17) is 5.73 Å². The summed E-state index contributed by atoms with van der Waals surface area (Å²) in [7, 11) is 0. The minimum absolute atomic E-state index is 0.0207. The van der Waals surface area contributed by atoms with Crippen molar-refractivity contribution in [2.75, 3.05) is 6.54 Å². The van der Waals surface area contributed by atoms with E-state index in [0.29, 0.717) is 5.92 Å². The third-order valence-corrected chi connectivity index (χ3v) is 3.88. The van der Waals surface area contributed by atoms with Crippen LogP contribution in [0.15, 0.2) is 0 Å². The third kappa shape index (κ3) is 6.39. The lowest BCUT2D eigenvalue weighted by atomic mass is 9.86. The zero-order valence-corrected chi connectivity index (χ0v) is 12.1. The van der Waals surface area contributed by atoms with Gasteiger partial charge in [-0.1, -0.05) is 46.0 Å². The van der Waals surface area contributed by atoms with Gasteiger partial charge in [0.1, 0.15) is 0 Å². The molecule has 18 heavy (non-hydrogen) atoms. The molecule has 0 unspecified atom stereocenters. The number of hydrogen-bond acceptors (Lipinski definition) is 2. The number of amides is 1. The Morgan fingerprint density at radius 2 is 1.94 bits per heavy atom. The Kier molecular flexibility index (Phi) is 7.33. The molecule has 0 saturated heterocycles. The molecular formula is C15H30N2O. The second kappa shape index (κ2) is 8.52. The average Bonchev–Trinajstić information content (AvgIpc) is 2.34. The number of rotatable bonds is 7. The zero-order chi connectivity index (χ0) is 13.4. The summed E-state index contributed by atoms with van der Waals surface area (Å²) in [6.07, 6.45) is 10.1. The second-order valence-electron chi connectivity index (χ2n) is 6.17. The van der Waals surface area contributed by atoms with Crippen LogP contribution in [0.1, 0.15) is 65.2 Å². The lowest BCUT2D eigenvalue weighted by Crippen LogP contribution is -2.41. The van der Waals surface area contributed by atoms with Gasteiger partial charge >= 0.3 is 0 Å². The summed E-state index contributed by atoms with van der Waals surface area (Å²) in [6.45, 7) is 4.98. The summed E-state index contributed by atoms with van der Waals surface area (Å²) in [5, 5.41) is 2.96. The first-order valence-electron chi connectivity index (χ1n) is 7.63. The molecule has 1 atom stereocenters. The number of carbonyl (C=O) groups excluding carboxylic acids is 1. The van der Waals surface area contributed by atoms with E-state index in [1.165, 1.54) is 38.5 Å². The Bertz CT molecular complexity index is 235. The van der Waals surface area contributed by atoms with Crippen molar-refractivity contribution in [2.24, 2.45) is 17.6 Å². The summed E-state index contributed by atoms with van der Waals surface area (Å²) in [4.78, 5) is 11.7. The largest absolute Gasteiger partial charge is 0.355 e. The molecule has 0 aromatic heterocycles. The van der Waals surface area contributed by atoms with Crippen LogP contribution in [-0.2, 0) is 4.79 Å². The van der Waals surface area contributed by atoms with Crippen LogP contribution in [0.4, 0.5) is 0 Å². The number of carbonyl (C=O) groups is 1. The van der Waals surface area contributed by atoms with E-state index >= 15 is 0 Å². The van der Waals surface area contributed by atoms with Crippen molar-refractivity contribution >= 4 is 5.91 Å². The Balaban J connectivity index is 2.04. The minimum atomic E-state index is -0.334. The molecule has 0 aromatic rings. The highest BCUT2D eigenvalue weighted by Gasteiger charge is 2.15. The van der Waals surface area contributed by atoms with Gasteiger partial charge < -0.3 is 11.1 Å². The number of nitrogens with two attached hydrogens (primary N) is 1. The number of hydrogen-bond donors (Lipinski definition) is 2. The van der Waals surface area contributed by atoms with Gasteiger partial charge in [0.15, 0.2) is 0 Å². The lowest BCUT2D eigenvalue weighted by Gasteiger charge is -2.21.